The molecule has 1 amide bonds. The van der Waals surface area contributed by atoms with Gasteiger partial charge in [0.15, 0.2) is 0 Å². The number of carbonyl (C=O) groups excluding carboxylic acids is 1. The Morgan fingerprint density at radius 2 is 1.96 bits per heavy atom. The topological polar surface area (TPSA) is 58.2 Å². The number of imidazole rings is 1. The molecule has 1 N–H and O–H groups in total. The smallest absolute Gasteiger partial charge is 0.254 e. The van der Waals surface area contributed by atoms with Crippen molar-refractivity contribution in [3.8, 4) is 0 Å². The van der Waals surface area contributed by atoms with Gasteiger partial charge in [-0.1, -0.05) is 30.3 Å². The van der Waals surface area contributed by atoms with Crippen LogP contribution in [0.1, 0.15) is 40.7 Å². The number of H-pyrrole nitrogens is 1. The number of ether oxygens (including phenoxy) is 1. The van der Waals surface area contributed by atoms with E-state index in [2.05, 4.69) is 22.1 Å². The standard InChI is InChI=1S/C22H23N3O2/c1-14-23-18-10-9-17(11-19(18)24-14)22(26)25-12-20(15-5-3-2-4-6-15)27-21(13-25)16-7-8-16/h2-6,9-11,16,20-21H,7-8,12-13H2,1H3,(H,23,24)/t20-,21+/m0/s1. The fourth-order valence-electron chi connectivity index (χ4n) is 3.99. The normalized spacial score (nSPS) is 22.9. The van der Waals surface area contributed by atoms with Crippen LogP contribution in [0, 0.1) is 12.8 Å². The Balaban J connectivity index is 1.43. The van der Waals surface area contributed by atoms with Gasteiger partial charge in [-0.15, -0.1) is 0 Å². The molecular formula is C22H23N3O2. The zero-order valence-electron chi connectivity index (χ0n) is 15.4. The summed E-state index contributed by atoms with van der Waals surface area (Å²) in [7, 11) is 0. The summed E-state index contributed by atoms with van der Waals surface area (Å²) in [5.74, 6) is 1.52. The molecule has 138 valence electrons. The second-order valence-electron chi connectivity index (χ2n) is 7.68. The quantitative estimate of drug-likeness (QED) is 0.771. The summed E-state index contributed by atoms with van der Waals surface area (Å²) in [5, 5.41) is 0. The Morgan fingerprint density at radius 3 is 2.74 bits per heavy atom. The minimum atomic E-state index is -0.0624. The van der Waals surface area contributed by atoms with Gasteiger partial charge in [0, 0.05) is 12.1 Å². The average molecular weight is 361 g/mol. The summed E-state index contributed by atoms with van der Waals surface area (Å²) in [6, 6.07) is 15.9. The van der Waals surface area contributed by atoms with Crippen molar-refractivity contribution < 1.29 is 9.53 Å². The molecule has 5 rings (SSSR count). The van der Waals surface area contributed by atoms with Crippen LogP contribution in [0.3, 0.4) is 0 Å². The van der Waals surface area contributed by atoms with E-state index in [1.165, 1.54) is 12.8 Å². The number of hydrogen-bond acceptors (Lipinski definition) is 3. The Bertz CT molecular complexity index is 978. The van der Waals surface area contributed by atoms with Gasteiger partial charge in [-0.3, -0.25) is 4.79 Å². The lowest BCUT2D eigenvalue weighted by Gasteiger charge is -2.38. The highest BCUT2D eigenvalue weighted by atomic mass is 16.5. The second-order valence-corrected chi connectivity index (χ2v) is 7.68. The van der Waals surface area contributed by atoms with Crippen molar-refractivity contribution in [3.63, 3.8) is 0 Å². The highest BCUT2D eigenvalue weighted by Gasteiger charge is 2.40. The molecule has 2 atom stereocenters. The Kier molecular flexibility index (Phi) is 3.97. The lowest BCUT2D eigenvalue weighted by molar-refractivity contribution is -0.0863. The molecular weight excluding hydrogens is 338 g/mol. The number of aromatic amines is 1. The van der Waals surface area contributed by atoms with Crippen LogP contribution < -0.4 is 0 Å². The first-order chi connectivity index (χ1) is 13.2. The van der Waals surface area contributed by atoms with Crippen LogP contribution >= 0.6 is 0 Å². The molecule has 1 aromatic heterocycles. The molecule has 1 saturated carbocycles. The number of carbonyl (C=O) groups is 1. The number of benzene rings is 2. The highest BCUT2D eigenvalue weighted by Crippen LogP contribution is 2.39. The minimum absolute atomic E-state index is 0.0624. The van der Waals surface area contributed by atoms with Crippen LogP contribution in [0.25, 0.3) is 11.0 Å². The fourth-order valence-corrected chi connectivity index (χ4v) is 3.99. The number of fused-ring (bicyclic) bond motifs is 1. The van der Waals surface area contributed by atoms with Crippen molar-refractivity contribution >= 4 is 16.9 Å². The number of aryl methyl sites for hydroxylation is 1. The highest BCUT2D eigenvalue weighted by molar-refractivity contribution is 5.97. The molecule has 2 heterocycles. The van der Waals surface area contributed by atoms with Gasteiger partial charge in [0.05, 0.1) is 23.7 Å². The van der Waals surface area contributed by atoms with E-state index >= 15 is 0 Å². The number of nitrogens with one attached hydrogen (secondary N) is 1. The minimum Gasteiger partial charge on any atom is -0.366 e. The molecule has 2 aromatic carbocycles. The third-order valence-electron chi connectivity index (χ3n) is 5.58. The zero-order valence-corrected chi connectivity index (χ0v) is 15.4. The largest absolute Gasteiger partial charge is 0.366 e. The van der Waals surface area contributed by atoms with Crippen molar-refractivity contribution in [2.75, 3.05) is 13.1 Å². The molecule has 1 saturated heterocycles. The van der Waals surface area contributed by atoms with Crippen molar-refractivity contribution in [1.29, 1.82) is 0 Å². The Hall–Kier alpha value is -2.66. The Morgan fingerprint density at radius 1 is 1.15 bits per heavy atom. The zero-order chi connectivity index (χ0) is 18.4. The van der Waals surface area contributed by atoms with Crippen molar-refractivity contribution in [2.45, 2.75) is 32.0 Å². The maximum absolute atomic E-state index is 13.3. The lowest BCUT2D eigenvalue weighted by atomic mass is 10.0. The van der Waals surface area contributed by atoms with Crippen LogP contribution in [-0.2, 0) is 4.74 Å². The van der Waals surface area contributed by atoms with Gasteiger partial charge in [-0.2, -0.15) is 0 Å². The molecule has 0 bridgehead atoms. The molecule has 3 aromatic rings. The summed E-state index contributed by atoms with van der Waals surface area (Å²) in [6.07, 6.45) is 2.47. The summed E-state index contributed by atoms with van der Waals surface area (Å²) in [4.78, 5) is 22.9. The Labute approximate surface area is 158 Å². The monoisotopic (exact) mass is 361 g/mol. The molecule has 0 unspecified atom stereocenters. The molecule has 27 heavy (non-hydrogen) atoms. The van der Waals surface area contributed by atoms with Gasteiger partial charge in [0.2, 0.25) is 0 Å². The van der Waals surface area contributed by atoms with E-state index in [1.807, 2.05) is 48.2 Å². The number of amides is 1. The van der Waals surface area contributed by atoms with E-state index in [9.17, 15) is 4.79 Å². The van der Waals surface area contributed by atoms with Crippen molar-refractivity contribution in [3.05, 3.63) is 65.5 Å². The number of nitrogens with zero attached hydrogens (tertiary/aromatic N) is 2. The van der Waals surface area contributed by atoms with E-state index in [1.54, 1.807) is 0 Å². The summed E-state index contributed by atoms with van der Waals surface area (Å²) in [5.41, 5.74) is 3.64. The van der Waals surface area contributed by atoms with Gasteiger partial charge in [-0.25, -0.2) is 4.98 Å². The molecule has 1 aliphatic heterocycles. The lowest BCUT2D eigenvalue weighted by Crippen LogP contribution is -2.47. The first kappa shape index (κ1) is 16.5. The molecule has 1 aliphatic carbocycles. The molecule has 5 heteroatoms. The van der Waals surface area contributed by atoms with Crippen molar-refractivity contribution in [1.82, 2.24) is 14.9 Å². The first-order valence-corrected chi connectivity index (χ1v) is 9.63. The summed E-state index contributed by atoms with van der Waals surface area (Å²) in [6.45, 7) is 3.19. The third-order valence-corrected chi connectivity index (χ3v) is 5.58. The van der Waals surface area contributed by atoms with Crippen LogP contribution in [0.4, 0.5) is 0 Å². The first-order valence-electron chi connectivity index (χ1n) is 9.63. The van der Waals surface area contributed by atoms with Gasteiger partial charge >= 0.3 is 0 Å². The van der Waals surface area contributed by atoms with Crippen LogP contribution in [-0.4, -0.2) is 40.0 Å². The van der Waals surface area contributed by atoms with Crippen LogP contribution in [0.5, 0.6) is 0 Å². The SMILES string of the molecule is Cc1nc2ccc(C(=O)N3C[C@@H](c4ccccc4)O[C@@H](C4CC4)C3)cc2[nH]1. The molecule has 0 spiro atoms. The number of rotatable bonds is 3. The van der Waals surface area contributed by atoms with Gasteiger partial charge in [-0.05, 0) is 49.4 Å². The van der Waals surface area contributed by atoms with E-state index < -0.39 is 0 Å². The second kappa shape index (κ2) is 6.50. The molecule has 2 fully saturated rings. The number of aromatic nitrogens is 2. The van der Waals surface area contributed by atoms with Gasteiger partial charge < -0.3 is 14.6 Å². The number of hydrogen-bond donors (Lipinski definition) is 1. The molecule has 2 aliphatic rings. The van der Waals surface area contributed by atoms with Crippen LogP contribution in [0.2, 0.25) is 0 Å². The fraction of sp³-hybridized carbons (Fsp3) is 0.364. The molecule has 0 radical (unpaired) electrons. The van der Waals surface area contributed by atoms with Crippen LogP contribution in [0.15, 0.2) is 48.5 Å². The maximum Gasteiger partial charge on any atom is 0.254 e. The average Bonchev–Trinajstić information content (AvgIpc) is 3.48. The van der Waals surface area contributed by atoms with Gasteiger partial charge in [0.25, 0.3) is 5.91 Å². The van der Waals surface area contributed by atoms with Gasteiger partial charge in [0.1, 0.15) is 11.9 Å². The van der Waals surface area contributed by atoms with E-state index in [0.717, 1.165) is 22.4 Å². The third kappa shape index (κ3) is 3.23. The molecule has 5 nitrogen and oxygen atoms in total. The van der Waals surface area contributed by atoms with Crippen molar-refractivity contribution in [2.24, 2.45) is 5.92 Å². The number of morpholine rings is 1. The summed E-state index contributed by atoms with van der Waals surface area (Å²) >= 11 is 0. The van der Waals surface area contributed by atoms with E-state index in [0.29, 0.717) is 24.6 Å². The maximum atomic E-state index is 13.3. The van der Waals surface area contributed by atoms with E-state index in [-0.39, 0.29) is 18.1 Å². The predicted octanol–water partition coefficient (Wildman–Crippen LogP) is 3.86. The summed E-state index contributed by atoms with van der Waals surface area (Å²) < 4.78 is 6.38. The van der Waals surface area contributed by atoms with E-state index in [4.69, 9.17) is 4.74 Å². The predicted molar refractivity (Wildman–Crippen MR) is 104 cm³/mol.